The molecule has 0 aromatic heterocycles. The van der Waals surface area contributed by atoms with E-state index in [0.717, 1.165) is 0 Å². The van der Waals surface area contributed by atoms with Crippen molar-refractivity contribution in [2.24, 2.45) is 0 Å². The van der Waals surface area contributed by atoms with Gasteiger partial charge < -0.3 is 19.3 Å². The minimum absolute atomic E-state index is 0.0178. The van der Waals surface area contributed by atoms with Crippen LogP contribution >= 0.6 is 0 Å². The predicted octanol–water partition coefficient (Wildman–Crippen LogP) is 0.0452. The van der Waals surface area contributed by atoms with Gasteiger partial charge in [0.15, 0.2) is 0 Å². The van der Waals surface area contributed by atoms with Crippen LogP contribution in [0.5, 0.6) is 0 Å². The van der Waals surface area contributed by atoms with Crippen molar-refractivity contribution in [3.63, 3.8) is 0 Å². The summed E-state index contributed by atoms with van der Waals surface area (Å²) in [5.41, 5.74) is 0. The van der Waals surface area contributed by atoms with E-state index >= 15 is 0 Å². The molecule has 0 aliphatic heterocycles. The average molecular weight is 178 g/mol. The molecule has 0 fully saturated rings. The molecule has 0 bridgehead atoms. The zero-order chi connectivity index (χ0) is 9.40. The van der Waals surface area contributed by atoms with E-state index < -0.39 is 0 Å². The molecule has 4 heteroatoms. The third-order valence-corrected chi connectivity index (χ3v) is 1.39. The Hall–Kier alpha value is -0.160. The van der Waals surface area contributed by atoms with Crippen molar-refractivity contribution in [3.05, 3.63) is 0 Å². The van der Waals surface area contributed by atoms with Gasteiger partial charge in [-0.25, -0.2) is 0 Å². The molecule has 4 nitrogen and oxygen atoms in total. The Morgan fingerprint density at radius 1 is 1.17 bits per heavy atom. The molecule has 0 amide bonds. The van der Waals surface area contributed by atoms with Crippen LogP contribution in [0.3, 0.4) is 0 Å². The normalized spacial score (nSPS) is 13.8. The lowest BCUT2D eigenvalue weighted by molar-refractivity contribution is -0.0853. The van der Waals surface area contributed by atoms with Gasteiger partial charge in [-0.3, -0.25) is 0 Å². The van der Waals surface area contributed by atoms with Gasteiger partial charge in [0.05, 0.1) is 25.9 Å². The molecular weight excluding hydrogens is 160 g/mol. The quantitative estimate of drug-likeness (QED) is 0.598. The third-order valence-electron chi connectivity index (χ3n) is 1.39. The fourth-order valence-electron chi connectivity index (χ4n) is 0.870. The Bertz CT molecular complexity index is 91.1. The van der Waals surface area contributed by atoms with Gasteiger partial charge in [0.25, 0.3) is 0 Å². The first-order valence-corrected chi connectivity index (χ1v) is 3.98. The zero-order valence-electron chi connectivity index (χ0n) is 7.95. The maximum absolute atomic E-state index is 8.71. The third kappa shape index (κ3) is 5.49. The first kappa shape index (κ1) is 11.8. The monoisotopic (exact) mass is 178 g/mol. The van der Waals surface area contributed by atoms with Gasteiger partial charge in [0, 0.05) is 14.2 Å². The van der Waals surface area contributed by atoms with E-state index in [4.69, 9.17) is 19.3 Å². The molecular formula is C8H18O4. The van der Waals surface area contributed by atoms with E-state index in [0.29, 0.717) is 13.2 Å². The maximum Gasteiger partial charge on any atom is 0.105 e. The molecule has 0 aliphatic carbocycles. The topological polar surface area (TPSA) is 47.9 Å². The molecule has 0 spiro atoms. The molecule has 12 heavy (non-hydrogen) atoms. The Morgan fingerprint density at radius 3 is 2.00 bits per heavy atom. The molecule has 74 valence electrons. The van der Waals surface area contributed by atoms with Crippen LogP contribution in [0.4, 0.5) is 0 Å². The molecule has 0 unspecified atom stereocenters. The number of hydrogen-bond acceptors (Lipinski definition) is 4. The summed E-state index contributed by atoms with van der Waals surface area (Å²) in [7, 11) is 3.21. The average Bonchev–Trinajstić information content (AvgIpc) is 2.05. The molecule has 0 aliphatic rings. The summed E-state index contributed by atoms with van der Waals surface area (Å²) >= 11 is 0. The van der Waals surface area contributed by atoms with Crippen LogP contribution in [0.2, 0.25) is 0 Å². The van der Waals surface area contributed by atoms with Gasteiger partial charge in [-0.15, -0.1) is 0 Å². The molecule has 0 rings (SSSR count). The van der Waals surface area contributed by atoms with Crippen molar-refractivity contribution in [3.8, 4) is 0 Å². The standard InChI is InChI=1S/C8H18O4/c1-7(4-9)12-8(5-10-2)6-11-3/h7-9H,4-6H2,1-3H3/t7-/m0/s1. The minimum atomic E-state index is -0.166. The second-order valence-corrected chi connectivity index (χ2v) is 2.66. The van der Waals surface area contributed by atoms with Crippen molar-refractivity contribution in [2.75, 3.05) is 34.0 Å². The summed E-state index contributed by atoms with van der Waals surface area (Å²) in [6, 6.07) is 0. The van der Waals surface area contributed by atoms with E-state index in [1.807, 2.05) is 0 Å². The molecule has 1 N–H and O–H groups in total. The SMILES string of the molecule is COCC(COC)O[C@@H](C)CO. The molecule has 1 atom stereocenters. The second kappa shape index (κ2) is 7.49. The molecule has 0 saturated carbocycles. The van der Waals surface area contributed by atoms with Gasteiger partial charge in [0.1, 0.15) is 6.10 Å². The highest BCUT2D eigenvalue weighted by molar-refractivity contribution is 4.57. The van der Waals surface area contributed by atoms with E-state index in [1.54, 1.807) is 21.1 Å². The highest BCUT2D eigenvalue weighted by atomic mass is 16.6. The first-order chi connectivity index (χ1) is 5.74. The van der Waals surface area contributed by atoms with E-state index in [9.17, 15) is 0 Å². The summed E-state index contributed by atoms with van der Waals surface area (Å²) in [6.45, 7) is 2.79. The zero-order valence-corrected chi connectivity index (χ0v) is 7.95. The van der Waals surface area contributed by atoms with Crippen LogP contribution in [0.15, 0.2) is 0 Å². The Morgan fingerprint density at radius 2 is 1.67 bits per heavy atom. The number of rotatable bonds is 7. The van der Waals surface area contributed by atoms with Gasteiger partial charge in [-0.1, -0.05) is 0 Å². The van der Waals surface area contributed by atoms with Crippen molar-refractivity contribution >= 4 is 0 Å². The first-order valence-electron chi connectivity index (χ1n) is 3.98. The Kier molecular flexibility index (Phi) is 7.39. The Balaban J connectivity index is 3.61. The van der Waals surface area contributed by atoms with Crippen molar-refractivity contribution < 1.29 is 19.3 Å². The highest BCUT2D eigenvalue weighted by Gasteiger charge is 2.11. The molecule has 0 radical (unpaired) electrons. The van der Waals surface area contributed by atoms with Crippen LogP contribution in [0.1, 0.15) is 6.92 Å². The van der Waals surface area contributed by atoms with Crippen LogP contribution in [-0.4, -0.2) is 51.4 Å². The number of methoxy groups -OCH3 is 2. The van der Waals surface area contributed by atoms with Crippen LogP contribution in [0.25, 0.3) is 0 Å². The van der Waals surface area contributed by atoms with Crippen LogP contribution in [0, 0.1) is 0 Å². The number of ether oxygens (including phenoxy) is 3. The Labute approximate surface area is 73.4 Å². The molecule has 0 aromatic carbocycles. The molecule has 0 heterocycles. The van der Waals surface area contributed by atoms with Crippen LogP contribution < -0.4 is 0 Å². The van der Waals surface area contributed by atoms with Crippen molar-refractivity contribution in [1.29, 1.82) is 0 Å². The summed E-state index contributed by atoms with van der Waals surface area (Å²) < 4.78 is 15.2. The van der Waals surface area contributed by atoms with E-state index in [-0.39, 0.29) is 18.8 Å². The lowest BCUT2D eigenvalue weighted by Crippen LogP contribution is -2.30. The largest absolute Gasteiger partial charge is 0.394 e. The molecule has 0 aromatic rings. The van der Waals surface area contributed by atoms with Crippen LogP contribution in [-0.2, 0) is 14.2 Å². The lowest BCUT2D eigenvalue weighted by atomic mass is 10.3. The minimum Gasteiger partial charge on any atom is -0.394 e. The maximum atomic E-state index is 8.71. The smallest absolute Gasteiger partial charge is 0.105 e. The lowest BCUT2D eigenvalue weighted by Gasteiger charge is -2.19. The number of aliphatic hydroxyl groups excluding tert-OH is 1. The summed E-state index contributed by atoms with van der Waals surface area (Å²) in [5.74, 6) is 0. The number of hydrogen-bond donors (Lipinski definition) is 1. The summed E-state index contributed by atoms with van der Waals surface area (Å²) in [4.78, 5) is 0. The summed E-state index contributed by atoms with van der Waals surface area (Å²) in [6.07, 6.45) is -0.262. The fraction of sp³-hybridized carbons (Fsp3) is 1.00. The van der Waals surface area contributed by atoms with Gasteiger partial charge in [0.2, 0.25) is 0 Å². The highest BCUT2D eigenvalue weighted by Crippen LogP contribution is 1.99. The summed E-state index contributed by atoms with van der Waals surface area (Å²) in [5, 5.41) is 8.71. The van der Waals surface area contributed by atoms with E-state index in [1.165, 1.54) is 0 Å². The van der Waals surface area contributed by atoms with Crippen molar-refractivity contribution in [1.82, 2.24) is 0 Å². The van der Waals surface area contributed by atoms with Crippen molar-refractivity contribution in [2.45, 2.75) is 19.1 Å². The predicted molar refractivity (Wildman–Crippen MR) is 45.2 cm³/mol. The van der Waals surface area contributed by atoms with Gasteiger partial charge in [-0.2, -0.15) is 0 Å². The fourth-order valence-corrected chi connectivity index (χ4v) is 0.870. The molecule has 0 saturated heterocycles. The second-order valence-electron chi connectivity index (χ2n) is 2.66. The number of aliphatic hydroxyl groups is 1. The van der Waals surface area contributed by atoms with Gasteiger partial charge in [-0.05, 0) is 6.92 Å². The van der Waals surface area contributed by atoms with E-state index in [2.05, 4.69) is 0 Å². The van der Waals surface area contributed by atoms with Gasteiger partial charge >= 0.3 is 0 Å².